The molecule has 0 aliphatic carbocycles. The molecule has 14 heterocycles. The molecule has 0 saturated carbocycles. The maximum Gasteiger partial charge on any atom is 0.496 e. The number of piperazine rings is 2. The summed E-state index contributed by atoms with van der Waals surface area (Å²) in [6.07, 6.45) is 14.2. The normalized spacial score (nSPS) is 19.1. The molecule has 0 unspecified atom stereocenters. The molecule has 724 valence electrons. The number of nitrogens with zero attached hydrogens (tertiary/aromatic N) is 15. The molecule has 5 amide bonds. The minimum absolute atomic E-state index is 0.00297. The lowest BCUT2D eigenvalue weighted by Crippen LogP contribution is -2.50. The van der Waals surface area contributed by atoms with Crippen LogP contribution in [0, 0.1) is 17.8 Å². The molecule has 3 aromatic carbocycles. The summed E-state index contributed by atoms with van der Waals surface area (Å²) in [5, 5.41) is 14.6. The van der Waals surface area contributed by atoms with E-state index >= 15 is 0 Å². The zero-order valence-corrected chi connectivity index (χ0v) is 85.9. The average Bonchev–Trinajstić information content (AvgIpc) is 1.60. The van der Waals surface area contributed by atoms with E-state index < -0.39 is 29.5 Å². The molecule has 11 aromatic rings. The quantitative estimate of drug-likeness (QED) is 0.0450. The summed E-state index contributed by atoms with van der Waals surface area (Å²) < 4.78 is 65.4. The number of fused-ring (bicyclic) bond motifs is 3. The minimum Gasteiger partial charge on any atom is -0.497 e. The molecule has 17 rings (SSSR count). The van der Waals surface area contributed by atoms with Crippen molar-refractivity contribution in [1.29, 1.82) is 0 Å². The smallest absolute Gasteiger partial charge is 0.496 e. The van der Waals surface area contributed by atoms with Gasteiger partial charge in [-0.3, -0.25) is 19.4 Å². The van der Waals surface area contributed by atoms with Crippen LogP contribution < -0.4 is 43.7 Å². The van der Waals surface area contributed by atoms with Crippen molar-refractivity contribution in [2.75, 3.05) is 103 Å². The third-order valence-corrected chi connectivity index (χ3v) is 27.9. The summed E-state index contributed by atoms with van der Waals surface area (Å²) in [5.41, 5.74) is 7.78. The molecule has 6 aliphatic rings. The highest BCUT2D eigenvalue weighted by Gasteiger charge is 2.52. The fourth-order valence-corrected chi connectivity index (χ4v) is 18.6. The van der Waals surface area contributed by atoms with Gasteiger partial charge in [0.25, 0.3) is 0 Å². The van der Waals surface area contributed by atoms with E-state index in [1.54, 1.807) is 63.3 Å². The number of benzene rings is 3. The maximum absolute atomic E-state index is 13.2. The Balaban J connectivity index is 0.000000151. The monoisotopic (exact) mass is 2050 g/mol. The van der Waals surface area contributed by atoms with Gasteiger partial charge in [0.05, 0.1) is 114 Å². The largest absolute Gasteiger partial charge is 0.497 e. The van der Waals surface area contributed by atoms with Crippen molar-refractivity contribution in [2.24, 2.45) is 17.8 Å². The Bertz CT molecular complexity index is 6020. The van der Waals surface area contributed by atoms with E-state index in [0.717, 1.165) is 89.7 Å². The Hall–Kier alpha value is -10.8. The number of carbonyl (C=O) groups is 5. The van der Waals surface area contributed by atoms with Crippen LogP contribution in [0.15, 0.2) is 174 Å². The summed E-state index contributed by atoms with van der Waals surface area (Å²) >= 11 is 26.2. The summed E-state index contributed by atoms with van der Waals surface area (Å²) in [6.45, 7) is 38.8. The van der Waals surface area contributed by atoms with Crippen molar-refractivity contribution in [3.8, 4) is 45.8 Å². The van der Waals surface area contributed by atoms with Gasteiger partial charge in [-0.1, -0.05) is 71.2 Å². The highest BCUT2D eigenvalue weighted by atomic mass is 79.9. The Morgan fingerprint density at radius 1 is 0.449 bits per heavy atom. The first-order valence-corrected chi connectivity index (χ1v) is 48.6. The van der Waals surface area contributed by atoms with Crippen molar-refractivity contribution in [3.05, 3.63) is 206 Å². The van der Waals surface area contributed by atoms with Crippen LogP contribution in [0.2, 0.25) is 15.1 Å². The average molecular weight is 2050 g/mol. The van der Waals surface area contributed by atoms with E-state index in [1.165, 1.54) is 0 Å². The van der Waals surface area contributed by atoms with Crippen molar-refractivity contribution >= 4 is 137 Å². The molecular weight excluding hydrogens is 1930 g/mol. The lowest BCUT2D eigenvalue weighted by molar-refractivity contribution is -0.130. The highest BCUT2D eigenvalue weighted by molar-refractivity contribution is 9.10. The van der Waals surface area contributed by atoms with Gasteiger partial charge >= 0.3 is 19.3 Å². The van der Waals surface area contributed by atoms with Gasteiger partial charge in [-0.2, -0.15) is 15.3 Å². The number of carbonyl (C=O) groups excluding carboxylic acids is 5. The Morgan fingerprint density at radius 2 is 0.794 bits per heavy atom. The predicted molar refractivity (Wildman–Crippen MR) is 533 cm³/mol. The van der Waals surface area contributed by atoms with Crippen LogP contribution in [-0.4, -0.2) is 234 Å². The number of rotatable bonds is 22. The van der Waals surface area contributed by atoms with Crippen LogP contribution in [0.1, 0.15) is 165 Å². The summed E-state index contributed by atoms with van der Waals surface area (Å²) in [5.74, 6) is 4.66. The summed E-state index contributed by atoms with van der Waals surface area (Å²) in [4.78, 5) is 86.1. The van der Waals surface area contributed by atoms with Gasteiger partial charge in [0.15, 0.2) is 0 Å². The van der Waals surface area contributed by atoms with Gasteiger partial charge in [0.1, 0.15) is 85.2 Å². The second-order valence-electron chi connectivity index (χ2n) is 38.2. The number of methoxy groups -OCH3 is 3. The van der Waals surface area contributed by atoms with E-state index in [2.05, 4.69) is 82.7 Å². The number of halogens is 5. The van der Waals surface area contributed by atoms with Gasteiger partial charge in [-0.05, 0) is 238 Å². The molecule has 30 nitrogen and oxygen atoms in total. The van der Waals surface area contributed by atoms with Gasteiger partial charge in [0, 0.05) is 143 Å². The first-order chi connectivity index (χ1) is 64.5. The van der Waals surface area contributed by atoms with Crippen molar-refractivity contribution in [3.63, 3.8) is 0 Å². The number of pyridine rings is 5. The van der Waals surface area contributed by atoms with E-state index in [1.807, 2.05) is 251 Å². The maximum atomic E-state index is 13.2. The standard InChI is InChI=1S/C36H43ClN6O5.C28H35BClN3O5.C22H23BrClN3O3.C14H20BrN3O2/c1-23(25-7-10-29(46-6)11-8-25)42-21-26(18-33(42)44)24(2)47-32-17-27(22-43-34(32)30(37)20-39-43)31-12-9-28(19-38-31)40-13-15-41(16-14-40)35(45)48-36(3,4)5;1-17(19-8-10-22(35-7)11-9-19)32-15-20(12-25(32)34)18(2)36-24-13-21(16-33-26(24)23(30)14-31-33)29-37-27(3,4)28(5,6)38-29;1-13(15-4-6-18(29-3)7-5-15)26-11-16(8-21(26)28)14(2)30-20-9-17(23)12-27-22(20)19(24)10-25-27;1-14(2,3)20-13(19)18-8-6-17(7-9-18)11-4-5-12(15)16-10-11/h7-12,17,19-20,22-24,26H,13-16,18,21H2,1-6H3;8-11,13-14,16-18,20H,12,15H2,1-7H3;4-7,9-10,12-14,16H,8,11H2,1-3H3;4-5,10H,6-9H2,1-3H3/t23-,24-,26-;17-,18-,20-;13-,14-,16-;/m111./s1. The van der Waals surface area contributed by atoms with Gasteiger partial charge in [0.2, 0.25) is 17.7 Å². The molecule has 136 heavy (non-hydrogen) atoms. The first kappa shape index (κ1) is 101. The van der Waals surface area contributed by atoms with Crippen LogP contribution in [0.3, 0.4) is 0 Å². The molecule has 0 radical (unpaired) electrons. The number of hydrogen-bond donors (Lipinski definition) is 0. The molecule has 6 aliphatic heterocycles. The lowest BCUT2D eigenvalue weighted by atomic mass is 9.80. The van der Waals surface area contributed by atoms with Gasteiger partial charge in [-0.25, -0.2) is 28.1 Å². The third-order valence-electron chi connectivity index (χ3n) is 26.2. The highest BCUT2D eigenvalue weighted by Crippen LogP contribution is 2.43. The Kier molecular flexibility index (Phi) is 31.7. The third kappa shape index (κ3) is 23.9. The Morgan fingerprint density at radius 3 is 1.14 bits per heavy atom. The number of anilines is 2. The lowest BCUT2D eigenvalue weighted by Gasteiger charge is -2.36. The van der Waals surface area contributed by atoms with Crippen LogP contribution in [-0.2, 0) is 33.2 Å². The fourth-order valence-electron chi connectivity index (χ4n) is 17.3. The molecule has 6 saturated heterocycles. The molecule has 0 bridgehead atoms. The second-order valence-corrected chi connectivity index (χ2v) is 41.1. The van der Waals surface area contributed by atoms with E-state index in [0.29, 0.717) is 122 Å². The molecule has 6 fully saturated rings. The van der Waals surface area contributed by atoms with Crippen LogP contribution >= 0.6 is 66.7 Å². The van der Waals surface area contributed by atoms with Crippen LogP contribution in [0.25, 0.3) is 27.8 Å². The molecule has 0 spiro atoms. The Labute approximate surface area is 827 Å². The number of hydrogen-bond acceptors (Lipinski definition) is 22. The SMILES string of the molecule is CC(C)(C)OC(=O)N1CCN(c2ccc(Br)nc2)CC1.COc1ccc([C@@H](C)N2C[C@H]([C@@H](C)Oc3cc(-c4ccc(N5CCN(C(=O)OC(C)(C)C)CC5)cn4)cn4ncc(Cl)c34)CC2=O)cc1.COc1ccc([C@@H](C)N2C[C@H]([C@@H](C)Oc3cc(B4OC(C)(C)C(C)(C)O4)cn4ncc(Cl)c34)CC2=O)cc1.COc1ccc([C@@H](C)N2C[C@H]([C@@H](C)Oc3cc(Br)cn4ncc(Cl)c34)CC2=O)cc1. The predicted octanol–water partition coefficient (Wildman–Crippen LogP) is 19.2. The van der Waals surface area contributed by atoms with E-state index in [4.69, 9.17) is 87.0 Å². The zero-order valence-electron chi connectivity index (χ0n) is 80.5. The van der Waals surface area contributed by atoms with E-state index in [9.17, 15) is 24.0 Å². The van der Waals surface area contributed by atoms with Crippen molar-refractivity contribution in [1.82, 2.24) is 63.3 Å². The minimum atomic E-state index is -0.570. The number of aromatic nitrogens is 8. The van der Waals surface area contributed by atoms with Gasteiger partial charge in [-0.15, -0.1) is 0 Å². The topological polar surface area (TPSA) is 278 Å². The zero-order chi connectivity index (χ0) is 97.7. The molecular formula is C100H121BBr2Cl3N15O15. The van der Waals surface area contributed by atoms with Crippen LogP contribution in [0.5, 0.6) is 34.5 Å². The number of ether oxygens (including phenoxy) is 8. The molecule has 36 heteroatoms. The van der Waals surface area contributed by atoms with Crippen molar-refractivity contribution in [2.45, 2.75) is 189 Å². The number of amides is 5. The van der Waals surface area contributed by atoms with E-state index in [-0.39, 0.29) is 84.1 Å². The fraction of sp³-hybridized carbons (Fsp3) is 0.460. The molecule has 8 aromatic heterocycles. The number of likely N-dealkylation sites (tertiary alicyclic amines) is 3. The van der Waals surface area contributed by atoms with Crippen molar-refractivity contribution < 1.29 is 71.2 Å². The summed E-state index contributed by atoms with van der Waals surface area (Å²) in [6, 6.07) is 37.1. The summed E-state index contributed by atoms with van der Waals surface area (Å²) in [7, 11) is 4.36. The molecule has 0 N–H and O–H groups in total. The van der Waals surface area contributed by atoms with Gasteiger partial charge < -0.3 is 81.5 Å². The molecule has 9 atom stereocenters. The first-order valence-electron chi connectivity index (χ1n) is 45.9. The van der Waals surface area contributed by atoms with Crippen LogP contribution in [0.4, 0.5) is 21.0 Å². The second kappa shape index (κ2) is 42.7.